The Hall–Kier alpha value is -3.88. The van der Waals surface area contributed by atoms with Gasteiger partial charge in [-0.25, -0.2) is 5.43 Å². The Bertz CT molecular complexity index is 984. The molecular formula is C22H27N5O4. The second kappa shape index (κ2) is 10.8. The topological polar surface area (TPSA) is 112 Å². The lowest BCUT2D eigenvalue weighted by molar-refractivity contribution is -0.136. The predicted octanol–water partition coefficient (Wildman–Crippen LogP) is 2.53. The van der Waals surface area contributed by atoms with E-state index in [1.807, 2.05) is 44.1 Å². The first kappa shape index (κ1) is 23.4. The Balaban J connectivity index is 1.87. The Kier molecular flexibility index (Phi) is 8.13. The molecule has 0 spiro atoms. The van der Waals surface area contributed by atoms with Crippen LogP contribution in [0.2, 0.25) is 0 Å². The number of hydrazone groups is 1. The summed E-state index contributed by atoms with van der Waals surface area (Å²) in [4.78, 5) is 38.2. The summed E-state index contributed by atoms with van der Waals surface area (Å²) in [5, 5.41) is 9.06. The fourth-order valence-corrected chi connectivity index (χ4v) is 2.62. The van der Waals surface area contributed by atoms with Gasteiger partial charge in [-0.3, -0.25) is 14.4 Å². The highest BCUT2D eigenvalue weighted by Gasteiger charge is 2.16. The zero-order valence-corrected chi connectivity index (χ0v) is 18.3. The maximum absolute atomic E-state index is 12.2. The van der Waals surface area contributed by atoms with E-state index in [0.717, 1.165) is 11.3 Å². The highest BCUT2D eigenvalue weighted by atomic mass is 16.5. The van der Waals surface area contributed by atoms with Crippen LogP contribution < -0.4 is 25.7 Å². The molecule has 0 aliphatic heterocycles. The molecule has 0 aromatic heterocycles. The molecule has 0 radical (unpaired) electrons. The lowest BCUT2D eigenvalue weighted by atomic mass is 10.2. The molecule has 9 heteroatoms. The summed E-state index contributed by atoms with van der Waals surface area (Å²) in [5.41, 5.74) is 5.44. The number of rotatable bonds is 7. The van der Waals surface area contributed by atoms with Gasteiger partial charge in [-0.15, -0.1) is 0 Å². The Morgan fingerprint density at radius 1 is 1.00 bits per heavy atom. The van der Waals surface area contributed by atoms with Crippen LogP contribution in [0.15, 0.2) is 47.6 Å². The van der Waals surface area contributed by atoms with Crippen LogP contribution in [0.5, 0.6) is 5.75 Å². The smallest absolute Gasteiger partial charge is 0.329 e. The number of hydrogen-bond acceptors (Lipinski definition) is 6. The van der Waals surface area contributed by atoms with E-state index in [1.54, 1.807) is 31.2 Å². The van der Waals surface area contributed by atoms with Crippen LogP contribution in [-0.2, 0) is 14.4 Å². The first-order valence-corrected chi connectivity index (χ1v) is 9.56. The summed E-state index contributed by atoms with van der Waals surface area (Å²) >= 11 is 0. The van der Waals surface area contributed by atoms with Crippen LogP contribution in [0.3, 0.4) is 0 Å². The van der Waals surface area contributed by atoms with Gasteiger partial charge >= 0.3 is 11.8 Å². The molecule has 31 heavy (non-hydrogen) atoms. The minimum Gasteiger partial charge on any atom is -0.495 e. The number of hydrogen-bond donors (Lipinski definition) is 3. The lowest BCUT2D eigenvalue weighted by Gasteiger charge is -2.13. The lowest BCUT2D eigenvalue weighted by Crippen LogP contribution is -2.33. The van der Waals surface area contributed by atoms with E-state index in [0.29, 0.717) is 22.8 Å². The number of ether oxygens (including phenoxy) is 1. The van der Waals surface area contributed by atoms with Crippen LogP contribution in [0.1, 0.15) is 18.9 Å². The predicted molar refractivity (Wildman–Crippen MR) is 122 cm³/mol. The number of amides is 3. The summed E-state index contributed by atoms with van der Waals surface area (Å²) in [7, 11) is 5.33. The van der Waals surface area contributed by atoms with Crippen LogP contribution in [0.25, 0.3) is 0 Å². The van der Waals surface area contributed by atoms with Crippen LogP contribution >= 0.6 is 0 Å². The first-order valence-electron chi connectivity index (χ1n) is 9.56. The molecule has 0 saturated carbocycles. The van der Waals surface area contributed by atoms with E-state index in [2.05, 4.69) is 21.2 Å². The van der Waals surface area contributed by atoms with Crippen molar-refractivity contribution in [2.24, 2.45) is 5.10 Å². The zero-order valence-electron chi connectivity index (χ0n) is 18.3. The van der Waals surface area contributed by atoms with Gasteiger partial charge in [0.1, 0.15) is 5.75 Å². The van der Waals surface area contributed by atoms with E-state index in [-0.39, 0.29) is 12.3 Å². The SMILES string of the molecule is COc1ccc(C)cc1NC(=O)C(=O)N/N=C(/C)CC(=O)Nc1ccc(N(C)C)cc1. The fraction of sp³-hybridized carbons (Fsp3) is 0.273. The van der Waals surface area contributed by atoms with E-state index >= 15 is 0 Å². The molecule has 0 aliphatic carbocycles. The van der Waals surface area contributed by atoms with Gasteiger partial charge in [0.2, 0.25) is 5.91 Å². The molecule has 2 aromatic rings. The molecule has 2 rings (SSSR count). The molecule has 3 N–H and O–H groups in total. The highest BCUT2D eigenvalue weighted by molar-refractivity contribution is 6.39. The maximum atomic E-state index is 12.2. The third kappa shape index (κ3) is 7.14. The van der Waals surface area contributed by atoms with Crippen molar-refractivity contribution in [3.63, 3.8) is 0 Å². The van der Waals surface area contributed by atoms with Crippen LogP contribution in [-0.4, -0.2) is 44.6 Å². The Morgan fingerprint density at radius 3 is 2.29 bits per heavy atom. The highest BCUT2D eigenvalue weighted by Crippen LogP contribution is 2.25. The van der Waals surface area contributed by atoms with Crippen molar-refractivity contribution in [2.45, 2.75) is 20.3 Å². The normalized spacial score (nSPS) is 10.8. The van der Waals surface area contributed by atoms with Crippen molar-refractivity contribution >= 4 is 40.5 Å². The third-order valence-electron chi connectivity index (χ3n) is 4.24. The second-order valence-corrected chi connectivity index (χ2v) is 7.11. The standard InChI is InChI=1S/C22H27N5O4/c1-14-6-11-19(31-5)18(12-14)24-21(29)22(30)26-25-15(2)13-20(28)23-16-7-9-17(10-8-16)27(3)4/h6-12H,13H2,1-5H3,(H,23,28)(H,24,29)(H,26,30)/b25-15-. The Labute approximate surface area is 181 Å². The van der Waals surface area contributed by atoms with E-state index in [1.165, 1.54) is 7.11 Å². The average Bonchev–Trinajstić information content (AvgIpc) is 2.72. The van der Waals surface area contributed by atoms with E-state index < -0.39 is 11.8 Å². The molecule has 0 atom stereocenters. The molecular weight excluding hydrogens is 398 g/mol. The number of methoxy groups -OCH3 is 1. The van der Waals surface area contributed by atoms with Crippen molar-refractivity contribution < 1.29 is 19.1 Å². The largest absolute Gasteiger partial charge is 0.495 e. The number of carbonyl (C=O) groups excluding carboxylic acids is 3. The van der Waals surface area contributed by atoms with Crippen LogP contribution in [0.4, 0.5) is 17.1 Å². The van der Waals surface area contributed by atoms with Gasteiger partial charge in [0, 0.05) is 31.2 Å². The van der Waals surface area contributed by atoms with Crippen molar-refractivity contribution in [1.82, 2.24) is 5.43 Å². The summed E-state index contributed by atoms with van der Waals surface area (Å²) in [6, 6.07) is 12.6. The van der Waals surface area contributed by atoms with Gasteiger partial charge in [0.05, 0.1) is 19.2 Å². The van der Waals surface area contributed by atoms with Gasteiger partial charge in [-0.05, 0) is 55.8 Å². The maximum Gasteiger partial charge on any atom is 0.329 e. The zero-order chi connectivity index (χ0) is 23.0. The molecule has 164 valence electrons. The van der Waals surface area contributed by atoms with Crippen molar-refractivity contribution in [3.05, 3.63) is 48.0 Å². The van der Waals surface area contributed by atoms with Crippen molar-refractivity contribution in [3.8, 4) is 5.75 Å². The second-order valence-electron chi connectivity index (χ2n) is 7.11. The molecule has 0 heterocycles. The summed E-state index contributed by atoms with van der Waals surface area (Å²) < 4.78 is 5.17. The van der Waals surface area contributed by atoms with Gasteiger partial charge in [0.25, 0.3) is 0 Å². The summed E-state index contributed by atoms with van der Waals surface area (Å²) in [6.45, 7) is 3.43. The van der Waals surface area contributed by atoms with Gasteiger partial charge in [-0.1, -0.05) is 6.07 Å². The average molecular weight is 425 g/mol. The monoisotopic (exact) mass is 425 g/mol. The first-order chi connectivity index (χ1) is 14.7. The molecule has 0 aliphatic rings. The van der Waals surface area contributed by atoms with E-state index in [4.69, 9.17) is 4.74 Å². The quantitative estimate of drug-likeness (QED) is 0.359. The minimum absolute atomic E-state index is 0.0387. The van der Waals surface area contributed by atoms with Crippen molar-refractivity contribution in [1.29, 1.82) is 0 Å². The number of nitrogens with one attached hydrogen (secondary N) is 3. The number of carbonyl (C=O) groups is 3. The van der Waals surface area contributed by atoms with E-state index in [9.17, 15) is 14.4 Å². The third-order valence-corrected chi connectivity index (χ3v) is 4.24. The molecule has 0 saturated heterocycles. The van der Waals surface area contributed by atoms with Gasteiger partial charge in [0.15, 0.2) is 0 Å². The summed E-state index contributed by atoms with van der Waals surface area (Å²) in [6.07, 6.45) is -0.0387. The fourth-order valence-electron chi connectivity index (χ4n) is 2.62. The molecule has 9 nitrogen and oxygen atoms in total. The number of nitrogens with zero attached hydrogens (tertiary/aromatic N) is 2. The molecule has 0 fully saturated rings. The minimum atomic E-state index is -0.956. The molecule has 2 aromatic carbocycles. The molecule has 0 bridgehead atoms. The molecule has 0 unspecified atom stereocenters. The number of aryl methyl sites for hydroxylation is 1. The Morgan fingerprint density at radius 2 is 1.68 bits per heavy atom. The van der Waals surface area contributed by atoms with Crippen LogP contribution in [0, 0.1) is 6.92 Å². The molecule has 3 amide bonds. The van der Waals surface area contributed by atoms with Gasteiger partial charge in [-0.2, -0.15) is 5.10 Å². The number of anilines is 3. The summed E-state index contributed by atoms with van der Waals surface area (Å²) in [5.74, 6) is -1.71. The van der Waals surface area contributed by atoms with Gasteiger partial charge < -0.3 is 20.3 Å². The van der Waals surface area contributed by atoms with Crippen molar-refractivity contribution in [2.75, 3.05) is 36.7 Å². The number of benzene rings is 2.